The summed E-state index contributed by atoms with van der Waals surface area (Å²) >= 11 is 0. The van der Waals surface area contributed by atoms with Crippen LogP contribution in [0.1, 0.15) is 30.0 Å². The summed E-state index contributed by atoms with van der Waals surface area (Å²) in [5.41, 5.74) is 7.40. The maximum atomic E-state index is 12.8. The molecule has 0 saturated heterocycles. The molecular formula is C10H11F2N. The van der Waals surface area contributed by atoms with Gasteiger partial charge in [0.05, 0.1) is 0 Å². The highest BCUT2D eigenvalue weighted by atomic mass is 19.2. The van der Waals surface area contributed by atoms with Gasteiger partial charge >= 0.3 is 0 Å². The minimum absolute atomic E-state index is 0.126. The molecule has 0 fully saturated rings. The van der Waals surface area contributed by atoms with Crippen molar-refractivity contribution in [3.63, 3.8) is 0 Å². The van der Waals surface area contributed by atoms with Gasteiger partial charge in [-0.3, -0.25) is 0 Å². The highest BCUT2D eigenvalue weighted by Crippen LogP contribution is 2.29. The van der Waals surface area contributed by atoms with Crippen molar-refractivity contribution in [1.82, 2.24) is 0 Å². The van der Waals surface area contributed by atoms with Crippen LogP contribution in [0.25, 0.3) is 0 Å². The monoisotopic (exact) mass is 183 g/mol. The maximum absolute atomic E-state index is 12.8. The third kappa shape index (κ3) is 1.44. The Bertz CT molecular complexity index is 336. The van der Waals surface area contributed by atoms with E-state index in [2.05, 4.69) is 0 Å². The summed E-state index contributed by atoms with van der Waals surface area (Å²) in [7, 11) is 0. The summed E-state index contributed by atoms with van der Waals surface area (Å²) in [6, 6.07) is 2.37. The quantitative estimate of drug-likeness (QED) is 0.656. The molecule has 0 bridgehead atoms. The van der Waals surface area contributed by atoms with E-state index in [-0.39, 0.29) is 6.04 Å². The highest BCUT2D eigenvalue weighted by molar-refractivity contribution is 5.33. The smallest absolute Gasteiger partial charge is 0.159 e. The third-order valence-electron chi connectivity index (χ3n) is 2.54. The molecule has 1 nitrogen and oxygen atoms in total. The van der Waals surface area contributed by atoms with Crippen LogP contribution in [0.3, 0.4) is 0 Å². The summed E-state index contributed by atoms with van der Waals surface area (Å²) in [4.78, 5) is 0. The van der Waals surface area contributed by atoms with Crippen molar-refractivity contribution in [3.05, 3.63) is 34.9 Å². The minimum atomic E-state index is -0.795. The number of benzene rings is 1. The average Bonchev–Trinajstić information content (AvgIpc) is 2.09. The highest BCUT2D eigenvalue weighted by Gasteiger charge is 2.19. The first-order valence-corrected chi connectivity index (χ1v) is 4.42. The first kappa shape index (κ1) is 8.63. The summed E-state index contributed by atoms with van der Waals surface area (Å²) in [5, 5.41) is 0. The van der Waals surface area contributed by atoms with Crippen LogP contribution in [0.15, 0.2) is 12.1 Å². The topological polar surface area (TPSA) is 26.0 Å². The summed E-state index contributed by atoms with van der Waals surface area (Å²) in [5.74, 6) is -1.57. The molecule has 0 aliphatic heterocycles. The van der Waals surface area contributed by atoms with Crippen molar-refractivity contribution in [2.24, 2.45) is 5.73 Å². The zero-order valence-corrected chi connectivity index (χ0v) is 7.19. The van der Waals surface area contributed by atoms with Crippen molar-refractivity contribution in [2.75, 3.05) is 0 Å². The lowest BCUT2D eigenvalue weighted by atomic mass is 9.88. The van der Waals surface area contributed by atoms with Crippen LogP contribution in [0.2, 0.25) is 0 Å². The Balaban J connectivity index is 2.52. The Morgan fingerprint density at radius 3 is 2.69 bits per heavy atom. The summed E-state index contributed by atoms with van der Waals surface area (Å²) < 4.78 is 25.7. The number of rotatable bonds is 0. The van der Waals surface area contributed by atoms with E-state index < -0.39 is 11.6 Å². The Morgan fingerprint density at radius 1 is 1.23 bits per heavy atom. The second-order valence-corrected chi connectivity index (χ2v) is 3.46. The molecule has 0 spiro atoms. The van der Waals surface area contributed by atoms with Gasteiger partial charge in [0.2, 0.25) is 0 Å². The lowest BCUT2D eigenvalue weighted by molar-refractivity contribution is 0.492. The molecule has 0 heterocycles. The normalized spacial score (nSPS) is 21.3. The summed E-state index contributed by atoms with van der Waals surface area (Å²) in [6.45, 7) is 0. The van der Waals surface area contributed by atoms with E-state index in [9.17, 15) is 8.78 Å². The van der Waals surface area contributed by atoms with Crippen LogP contribution in [0.4, 0.5) is 8.78 Å². The minimum Gasteiger partial charge on any atom is -0.324 e. The van der Waals surface area contributed by atoms with Crippen LogP contribution in [-0.2, 0) is 6.42 Å². The molecule has 1 aromatic carbocycles. The standard InChI is InChI=1S/C10H11F2N/c11-8-4-6-2-1-3-10(13)7(6)5-9(8)12/h4-5,10H,1-3,13H2. The number of hydrogen-bond acceptors (Lipinski definition) is 1. The van der Waals surface area contributed by atoms with Crippen molar-refractivity contribution < 1.29 is 8.78 Å². The largest absolute Gasteiger partial charge is 0.324 e. The fourth-order valence-corrected chi connectivity index (χ4v) is 1.83. The lowest BCUT2D eigenvalue weighted by Crippen LogP contribution is -2.18. The molecule has 2 N–H and O–H groups in total. The predicted octanol–water partition coefficient (Wildman–Crippen LogP) is 2.30. The van der Waals surface area contributed by atoms with E-state index in [1.54, 1.807) is 0 Å². The van der Waals surface area contributed by atoms with Gasteiger partial charge in [-0.2, -0.15) is 0 Å². The second-order valence-electron chi connectivity index (χ2n) is 3.46. The maximum Gasteiger partial charge on any atom is 0.159 e. The van der Waals surface area contributed by atoms with E-state index in [1.807, 2.05) is 0 Å². The number of aryl methyl sites for hydroxylation is 1. The molecule has 1 aromatic rings. The zero-order valence-electron chi connectivity index (χ0n) is 7.19. The Hall–Kier alpha value is -0.960. The molecule has 1 unspecified atom stereocenters. The molecule has 2 rings (SSSR count). The van der Waals surface area contributed by atoms with Crippen LogP contribution >= 0.6 is 0 Å². The van der Waals surface area contributed by atoms with E-state index in [4.69, 9.17) is 5.73 Å². The van der Waals surface area contributed by atoms with Crippen LogP contribution < -0.4 is 5.73 Å². The first-order valence-electron chi connectivity index (χ1n) is 4.42. The zero-order chi connectivity index (χ0) is 9.42. The van der Waals surface area contributed by atoms with Gasteiger partial charge in [-0.1, -0.05) is 0 Å². The third-order valence-corrected chi connectivity index (χ3v) is 2.54. The van der Waals surface area contributed by atoms with Crippen molar-refractivity contribution in [3.8, 4) is 0 Å². The first-order chi connectivity index (χ1) is 6.18. The summed E-state index contributed by atoms with van der Waals surface area (Å²) in [6.07, 6.45) is 2.62. The van der Waals surface area contributed by atoms with E-state index in [1.165, 1.54) is 12.1 Å². The van der Waals surface area contributed by atoms with Gasteiger partial charge in [0.25, 0.3) is 0 Å². The molecule has 3 heteroatoms. The Morgan fingerprint density at radius 2 is 1.92 bits per heavy atom. The molecule has 13 heavy (non-hydrogen) atoms. The molecule has 1 aliphatic rings. The number of halogens is 2. The fourth-order valence-electron chi connectivity index (χ4n) is 1.83. The van der Waals surface area contributed by atoms with Crippen molar-refractivity contribution >= 4 is 0 Å². The second kappa shape index (κ2) is 3.07. The Labute approximate surface area is 75.6 Å². The molecule has 0 radical (unpaired) electrons. The van der Waals surface area contributed by atoms with Crippen LogP contribution in [-0.4, -0.2) is 0 Å². The molecule has 1 atom stereocenters. The Kier molecular flexibility index (Phi) is 2.04. The van der Waals surface area contributed by atoms with Gasteiger partial charge in [-0.25, -0.2) is 8.78 Å². The van der Waals surface area contributed by atoms with E-state index in [0.29, 0.717) is 0 Å². The molecule has 70 valence electrons. The number of fused-ring (bicyclic) bond motifs is 1. The van der Waals surface area contributed by atoms with Crippen molar-refractivity contribution in [1.29, 1.82) is 0 Å². The van der Waals surface area contributed by atoms with Gasteiger partial charge in [-0.05, 0) is 42.5 Å². The molecule has 0 aromatic heterocycles. The van der Waals surface area contributed by atoms with Crippen molar-refractivity contribution in [2.45, 2.75) is 25.3 Å². The molecule has 0 amide bonds. The van der Waals surface area contributed by atoms with Crippen LogP contribution in [0.5, 0.6) is 0 Å². The number of nitrogens with two attached hydrogens (primary N) is 1. The predicted molar refractivity (Wildman–Crippen MR) is 46.2 cm³/mol. The van der Waals surface area contributed by atoms with Gasteiger partial charge in [-0.15, -0.1) is 0 Å². The lowest BCUT2D eigenvalue weighted by Gasteiger charge is -2.22. The SMILES string of the molecule is NC1CCCc2cc(F)c(F)cc21. The molecular weight excluding hydrogens is 172 g/mol. The van der Waals surface area contributed by atoms with E-state index >= 15 is 0 Å². The fraction of sp³-hybridized carbons (Fsp3) is 0.400. The van der Waals surface area contributed by atoms with Gasteiger partial charge < -0.3 is 5.73 Å². The van der Waals surface area contributed by atoms with E-state index in [0.717, 1.165) is 30.4 Å². The molecule has 0 saturated carbocycles. The van der Waals surface area contributed by atoms with Gasteiger partial charge in [0.1, 0.15) is 0 Å². The van der Waals surface area contributed by atoms with Gasteiger partial charge in [0.15, 0.2) is 11.6 Å². The average molecular weight is 183 g/mol. The van der Waals surface area contributed by atoms with Gasteiger partial charge in [0, 0.05) is 6.04 Å². The van der Waals surface area contributed by atoms with Crippen LogP contribution in [0, 0.1) is 11.6 Å². The molecule has 1 aliphatic carbocycles. The number of hydrogen-bond donors (Lipinski definition) is 1.